The fourth-order valence-electron chi connectivity index (χ4n) is 3.66. The van der Waals surface area contributed by atoms with Gasteiger partial charge in [-0.2, -0.15) is 0 Å². The van der Waals surface area contributed by atoms with Crippen LogP contribution in [-0.2, 0) is 6.42 Å². The molecule has 2 N–H and O–H groups in total. The lowest BCUT2D eigenvalue weighted by Gasteiger charge is -2.25. The molecule has 0 spiro atoms. The molecule has 122 valence electrons. The Labute approximate surface area is 141 Å². The maximum atomic E-state index is 6.04. The molecule has 2 aliphatic rings. The van der Waals surface area contributed by atoms with Gasteiger partial charge in [-0.15, -0.1) is 0 Å². The average Bonchev–Trinajstić information content (AvgIpc) is 2.72. The first-order chi connectivity index (χ1) is 10.7. The minimum Gasteiger partial charge on any atom is -0.489 e. The Morgan fingerprint density at radius 2 is 2.05 bits per heavy atom. The standard InChI is InChI=1S/C17H25BrN2O2/c1-3-12-13(15-7-11(9-19)10-20(15)2)8-14(18)17-16(12)21-5-4-6-22-17/h8,11,15H,3-7,9-10,19H2,1-2H3. The largest absolute Gasteiger partial charge is 0.489 e. The highest BCUT2D eigenvalue weighted by molar-refractivity contribution is 9.10. The van der Waals surface area contributed by atoms with Gasteiger partial charge in [0.1, 0.15) is 0 Å². The molecule has 0 aromatic heterocycles. The topological polar surface area (TPSA) is 47.7 Å². The molecule has 0 amide bonds. The molecule has 0 saturated carbocycles. The average molecular weight is 369 g/mol. The SMILES string of the molecule is CCc1c(C2CC(CN)CN2C)cc(Br)c2c1OCCCO2. The van der Waals surface area contributed by atoms with Crippen molar-refractivity contribution < 1.29 is 9.47 Å². The number of hydrogen-bond acceptors (Lipinski definition) is 4. The zero-order chi connectivity index (χ0) is 15.7. The van der Waals surface area contributed by atoms with Crippen LogP contribution in [0, 0.1) is 5.92 Å². The molecule has 2 atom stereocenters. The number of hydrogen-bond donors (Lipinski definition) is 1. The Balaban J connectivity index is 2.04. The van der Waals surface area contributed by atoms with E-state index in [0.717, 1.165) is 54.9 Å². The van der Waals surface area contributed by atoms with E-state index >= 15 is 0 Å². The number of nitrogens with zero attached hydrogens (tertiary/aromatic N) is 1. The second-order valence-electron chi connectivity index (χ2n) is 6.28. The van der Waals surface area contributed by atoms with Crippen molar-refractivity contribution in [2.45, 2.75) is 32.2 Å². The van der Waals surface area contributed by atoms with E-state index in [9.17, 15) is 0 Å². The minimum atomic E-state index is 0.414. The van der Waals surface area contributed by atoms with Gasteiger partial charge in [0, 0.05) is 24.6 Å². The zero-order valence-electron chi connectivity index (χ0n) is 13.4. The summed E-state index contributed by atoms with van der Waals surface area (Å²) in [4.78, 5) is 2.42. The first-order valence-electron chi connectivity index (χ1n) is 8.16. The summed E-state index contributed by atoms with van der Waals surface area (Å²) in [6.07, 6.45) is 3.00. The fraction of sp³-hybridized carbons (Fsp3) is 0.647. The first-order valence-corrected chi connectivity index (χ1v) is 8.96. The normalized spacial score (nSPS) is 25.3. The highest BCUT2D eigenvalue weighted by Crippen LogP contribution is 2.46. The van der Waals surface area contributed by atoms with Crippen molar-refractivity contribution in [1.29, 1.82) is 0 Å². The van der Waals surface area contributed by atoms with Crippen LogP contribution in [0.5, 0.6) is 11.5 Å². The summed E-state index contributed by atoms with van der Waals surface area (Å²) in [6, 6.07) is 2.64. The van der Waals surface area contributed by atoms with Gasteiger partial charge in [-0.3, -0.25) is 4.90 Å². The monoisotopic (exact) mass is 368 g/mol. The van der Waals surface area contributed by atoms with Gasteiger partial charge < -0.3 is 15.2 Å². The lowest BCUT2D eigenvalue weighted by molar-refractivity contribution is 0.294. The Hall–Kier alpha value is -0.780. The summed E-state index contributed by atoms with van der Waals surface area (Å²) in [5.41, 5.74) is 8.53. The van der Waals surface area contributed by atoms with Gasteiger partial charge in [-0.05, 0) is 59.9 Å². The predicted molar refractivity (Wildman–Crippen MR) is 91.7 cm³/mol. The van der Waals surface area contributed by atoms with Gasteiger partial charge >= 0.3 is 0 Å². The van der Waals surface area contributed by atoms with Crippen LogP contribution in [0.2, 0.25) is 0 Å². The summed E-state index contributed by atoms with van der Waals surface area (Å²) in [5, 5.41) is 0. The molecule has 4 nitrogen and oxygen atoms in total. The maximum absolute atomic E-state index is 6.04. The second-order valence-corrected chi connectivity index (χ2v) is 7.14. The van der Waals surface area contributed by atoms with Crippen molar-refractivity contribution in [2.75, 3.05) is 33.4 Å². The molecular formula is C17H25BrN2O2. The van der Waals surface area contributed by atoms with E-state index in [4.69, 9.17) is 15.2 Å². The van der Waals surface area contributed by atoms with E-state index in [1.807, 2.05) is 0 Å². The summed E-state index contributed by atoms with van der Waals surface area (Å²) in [6.45, 7) is 5.45. The van der Waals surface area contributed by atoms with E-state index in [-0.39, 0.29) is 0 Å². The Bertz CT molecular complexity index is 550. The molecule has 3 rings (SSSR count). The highest BCUT2D eigenvalue weighted by Gasteiger charge is 2.33. The van der Waals surface area contributed by atoms with Crippen LogP contribution in [0.15, 0.2) is 10.5 Å². The minimum absolute atomic E-state index is 0.414. The van der Waals surface area contributed by atoms with Crippen LogP contribution in [0.4, 0.5) is 0 Å². The number of likely N-dealkylation sites (tertiary alicyclic amines) is 1. The van der Waals surface area contributed by atoms with E-state index < -0.39 is 0 Å². The number of benzene rings is 1. The number of fused-ring (bicyclic) bond motifs is 1. The van der Waals surface area contributed by atoms with E-state index in [1.54, 1.807) is 0 Å². The summed E-state index contributed by atoms with van der Waals surface area (Å²) >= 11 is 3.68. The molecule has 2 unspecified atom stereocenters. The lowest BCUT2D eigenvalue weighted by Crippen LogP contribution is -2.21. The van der Waals surface area contributed by atoms with E-state index in [1.165, 1.54) is 11.1 Å². The molecule has 1 aromatic carbocycles. The third-order valence-corrected chi connectivity index (χ3v) is 5.38. The van der Waals surface area contributed by atoms with Crippen LogP contribution < -0.4 is 15.2 Å². The second kappa shape index (κ2) is 6.77. The van der Waals surface area contributed by atoms with Crippen LogP contribution in [0.1, 0.15) is 36.9 Å². The highest BCUT2D eigenvalue weighted by atomic mass is 79.9. The fourth-order valence-corrected chi connectivity index (χ4v) is 4.20. The van der Waals surface area contributed by atoms with Crippen LogP contribution in [0.3, 0.4) is 0 Å². The Kier molecular flexibility index (Phi) is 4.95. The molecule has 1 saturated heterocycles. The molecule has 2 heterocycles. The smallest absolute Gasteiger partial charge is 0.175 e. The van der Waals surface area contributed by atoms with E-state index in [2.05, 4.69) is 40.9 Å². The van der Waals surface area contributed by atoms with Gasteiger partial charge in [0.2, 0.25) is 0 Å². The third kappa shape index (κ3) is 2.86. The van der Waals surface area contributed by atoms with Crippen molar-refractivity contribution in [3.63, 3.8) is 0 Å². The molecule has 0 radical (unpaired) electrons. The molecule has 1 aromatic rings. The van der Waals surface area contributed by atoms with Crippen LogP contribution >= 0.6 is 15.9 Å². The summed E-state index contributed by atoms with van der Waals surface area (Å²) in [5.74, 6) is 2.39. The Morgan fingerprint density at radius 1 is 1.32 bits per heavy atom. The first kappa shape index (κ1) is 16.1. The molecule has 22 heavy (non-hydrogen) atoms. The third-order valence-electron chi connectivity index (χ3n) is 4.79. The van der Waals surface area contributed by atoms with Crippen molar-refractivity contribution in [1.82, 2.24) is 4.90 Å². The molecule has 1 fully saturated rings. The summed E-state index contributed by atoms with van der Waals surface area (Å²) in [7, 11) is 2.19. The predicted octanol–water partition coefficient (Wildman–Crippen LogP) is 3.12. The van der Waals surface area contributed by atoms with Gasteiger partial charge in [-0.1, -0.05) is 6.92 Å². The van der Waals surface area contributed by atoms with Gasteiger partial charge in [0.15, 0.2) is 11.5 Å². The molecule has 0 bridgehead atoms. The molecule has 5 heteroatoms. The van der Waals surface area contributed by atoms with Crippen molar-refractivity contribution in [2.24, 2.45) is 11.7 Å². The zero-order valence-corrected chi connectivity index (χ0v) is 15.0. The number of nitrogens with two attached hydrogens (primary N) is 1. The number of ether oxygens (including phenoxy) is 2. The number of halogens is 1. The van der Waals surface area contributed by atoms with Crippen molar-refractivity contribution in [3.05, 3.63) is 21.7 Å². The van der Waals surface area contributed by atoms with Gasteiger partial charge in [0.25, 0.3) is 0 Å². The molecule has 2 aliphatic heterocycles. The maximum Gasteiger partial charge on any atom is 0.175 e. The van der Waals surface area contributed by atoms with Crippen molar-refractivity contribution >= 4 is 15.9 Å². The lowest BCUT2D eigenvalue weighted by atomic mass is 9.93. The quantitative estimate of drug-likeness (QED) is 0.890. The summed E-state index contributed by atoms with van der Waals surface area (Å²) < 4.78 is 12.9. The van der Waals surface area contributed by atoms with Crippen LogP contribution in [-0.4, -0.2) is 38.3 Å². The molecular weight excluding hydrogens is 344 g/mol. The Morgan fingerprint density at radius 3 is 2.68 bits per heavy atom. The van der Waals surface area contributed by atoms with Gasteiger partial charge in [0.05, 0.1) is 17.7 Å². The van der Waals surface area contributed by atoms with Gasteiger partial charge in [-0.25, -0.2) is 0 Å². The van der Waals surface area contributed by atoms with E-state index in [0.29, 0.717) is 18.6 Å². The molecule has 0 aliphatic carbocycles. The van der Waals surface area contributed by atoms with Crippen LogP contribution in [0.25, 0.3) is 0 Å². The number of rotatable bonds is 3. The van der Waals surface area contributed by atoms with Crippen molar-refractivity contribution in [3.8, 4) is 11.5 Å².